The van der Waals surface area contributed by atoms with Crippen LogP contribution in [0, 0.1) is 0 Å². The second-order valence-corrected chi connectivity index (χ2v) is 4.46. The van der Waals surface area contributed by atoms with Crippen LogP contribution in [0.15, 0.2) is 23.3 Å². The van der Waals surface area contributed by atoms with E-state index in [2.05, 4.69) is 10.3 Å². The summed E-state index contributed by atoms with van der Waals surface area (Å²) in [6.45, 7) is 1.36. The third-order valence-corrected chi connectivity index (χ3v) is 3.09. The molecule has 1 saturated heterocycles. The van der Waals surface area contributed by atoms with Gasteiger partial charge in [0.1, 0.15) is 5.56 Å². The first-order valence-corrected chi connectivity index (χ1v) is 6.34. The largest absolute Gasteiger partial charge is 0.378 e. The highest BCUT2D eigenvalue weighted by atomic mass is 16.5. The molecule has 1 fully saturated rings. The van der Waals surface area contributed by atoms with Crippen LogP contribution in [0.25, 0.3) is 0 Å². The van der Waals surface area contributed by atoms with Crippen molar-refractivity contribution < 1.29 is 9.53 Å². The smallest absolute Gasteiger partial charge is 0.256 e. The molecular formula is C13H18N2O3. The van der Waals surface area contributed by atoms with Crippen molar-refractivity contribution in [3.63, 3.8) is 0 Å². The molecule has 0 spiro atoms. The Morgan fingerprint density at radius 2 is 2.39 bits per heavy atom. The first-order valence-electron chi connectivity index (χ1n) is 6.34. The minimum atomic E-state index is -0.326. The lowest BCUT2D eigenvalue weighted by Crippen LogP contribution is -2.32. The highest BCUT2D eigenvalue weighted by Crippen LogP contribution is 2.14. The predicted molar refractivity (Wildman–Crippen MR) is 67.6 cm³/mol. The molecule has 1 unspecified atom stereocenters. The summed E-state index contributed by atoms with van der Waals surface area (Å²) in [6, 6.07) is 1.35. The van der Waals surface area contributed by atoms with E-state index in [-0.39, 0.29) is 23.0 Å². The summed E-state index contributed by atoms with van der Waals surface area (Å²) in [7, 11) is 0. The normalized spacial score (nSPS) is 19.4. The fourth-order valence-electron chi connectivity index (χ4n) is 2.07. The molecule has 0 radical (unpaired) electrons. The van der Waals surface area contributed by atoms with Crippen molar-refractivity contribution in [2.45, 2.75) is 31.8 Å². The number of ether oxygens (including phenoxy) is 1. The molecule has 5 nitrogen and oxygen atoms in total. The van der Waals surface area contributed by atoms with Gasteiger partial charge in [0, 0.05) is 31.6 Å². The summed E-state index contributed by atoms with van der Waals surface area (Å²) in [4.78, 5) is 25.9. The van der Waals surface area contributed by atoms with Gasteiger partial charge in [0.15, 0.2) is 5.43 Å². The maximum absolute atomic E-state index is 11.7. The molecule has 1 aromatic heterocycles. The molecule has 2 rings (SSSR count). The van der Waals surface area contributed by atoms with Crippen LogP contribution < -0.4 is 10.7 Å². The number of carbonyl (C=O) groups excluding carboxylic acids is 1. The summed E-state index contributed by atoms with van der Waals surface area (Å²) in [6.07, 6.45) is 7.36. The zero-order chi connectivity index (χ0) is 12.8. The number of rotatable bonds is 4. The molecule has 0 saturated carbocycles. The second-order valence-electron chi connectivity index (χ2n) is 4.46. The van der Waals surface area contributed by atoms with Crippen LogP contribution >= 0.6 is 0 Å². The molecule has 5 heteroatoms. The van der Waals surface area contributed by atoms with Gasteiger partial charge in [-0.15, -0.1) is 0 Å². The molecule has 18 heavy (non-hydrogen) atoms. The first-order chi connectivity index (χ1) is 8.77. The van der Waals surface area contributed by atoms with Gasteiger partial charge in [-0.05, 0) is 25.7 Å². The van der Waals surface area contributed by atoms with Gasteiger partial charge in [-0.2, -0.15) is 0 Å². The summed E-state index contributed by atoms with van der Waals surface area (Å²) < 4.78 is 5.57. The van der Waals surface area contributed by atoms with E-state index in [9.17, 15) is 9.59 Å². The number of carbonyl (C=O) groups is 1. The van der Waals surface area contributed by atoms with Crippen LogP contribution in [0.2, 0.25) is 0 Å². The number of amides is 1. The monoisotopic (exact) mass is 250 g/mol. The van der Waals surface area contributed by atoms with Crippen molar-refractivity contribution in [1.29, 1.82) is 0 Å². The van der Waals surface area contributed by atoms with Gasteiger partial charge in [0.2, 0.25) is 0 Å². The SMILES string of the molecule is O=C(NCCC1CCCCO1)c1c[nH]ccc1=O. The number of aromatic amines is 1. The van der Waals surface area contributed by atoms with Crippen molar-refractivity contribution in [1.82, 2.24) is 10.3 Å². The van der Waals surface area contributed by atoms with Gasteiger partial charge in [-0.25, -0.2) is 0 Å². The van der Waals surface area contributed by atoms with Crippen LogP contribution in [-0.2, 0) is 4.74 Å². The molecular weight excluding hydrogens is 232 g/mol. The average molecular weight is 250 g/mol. The van der Waals surface area contributed by atoms with Crippen molar-refractivity contribution in [3.05, 3.63) is 34.2 Å². The van der Waals surface area contributed by atoms with Gasteiger partial charge < -0.3 is 15.0 Å². The Balaban J connectivity index is 1.78. The summed E-state index contributed by atoms with van der Waals surface area (Å²) >= 11 is 0. The summed E-state index contributed by atoms with van der Waals surface area (Å²) in [5.41, 5.74) is -0.109. The lowest BCUT2D eigenvalue weighted by molar-refractivity contribution is 0.0117. The number of pyridine rings is 1. The van der Waals surface area contributed by atoms with Crippen molar-refractivity contribution in [2.24, 2.45) is 0 Å². The first kappa shape index (κ1) is 12.8. The maximum atomic E-state index is 11.7. The van der Waals surface area contributed by atoms with Crippen molar-refractivity contribution in [3.8, 4) is 0 Å². The van der Waals surface area contributed by atoms with Crippen LogP contribution in [-0.4, -0.2) is 30.1 Å². The van der Waals surface area contributed by atoms with Crippen LogP contribution in [0.5, 0.6) is 0 Å². The van der Waals surface area contributed by atoms with E-state index in [1.54, 1.807) is 0 Å². The van der Waals surface area contributed by atoms with E-state index in [0.29, 0.717) is 6.54 Å². The molecule has 0 bridgehead atoms. The van der Waals surface area contributed by atoms with E-state index < -0.39 is 0 Å². The third-order valence-electron chi connectivity index (χ3n) is 3.09. The molecule has 98 valence electrons. The van der Waals surface area contributed by atoms with Gasteiger partial charge >= 0.3 is 0 Å². The topological polar surface area (TPSA) is 71.2 Å². The third kappa shape index (κ3) is 3.43. The van der Waals surface area contributed by atoms with E-state index in [1.807, 2.05) is 0 Å². The molecule has 1 atom stereocenters. The molecule has 2 N–H and O–H groups in total. The van der Waals surface area contributed by atoms with E-state index in [1.165, 1.54) is 24.9 Å². The second kappa shape index (κ2) is 6.35. The lowest BCUT2D eigenvalue weighted by Gasteiger charge is -2.22. The van der Waals surface area contributed by atoms with Gasteiger partial charge in [0.25, 0.3) is 5.91 Å². The van der Waals surface area contributed by atoms with E-state index in [4.69, 9.17) is 4.74 Å². The van der Waals surface area contributed by atoms with Crippen LogP contribution in [0.4, 0.5) is 0 Å². The van der Waals surface area contributed by atoms with E-state index >= 15 is 0 Å². The van der Waals surface area contributed by atoms with E-state index in [0.717, 1.165) is 25.9 Å². The fourth-order valence-corrected chi connectivity index (χ4v) is 2.07. The average Bonchev–Trinajstić information content (AvgIpc) is 2.40. The quantitative estimate of drug-likeness (QED) is 0.839. The molecule has 1 amide bonds. The molecule has 1 aliphatic rings. The van der Waals surface area contributed by atoms with Crippen LogP contribution in [0.1, 0.15) is 36.0 Å². The number of aromatic nitrogens is 1. The number of hydrogen-bond donors (Lipinski definition) is 2. The highest BCUT2D eigenvalue weighted by molar-refractivity contribution is 5.93. The Morgan fingerprint density at radius 3 is 3.11 bits per heavy atom. The molecule has 1 aliphatic heterocycles. The minimum Gasteiger partial charge on any atom is -0.378 e. The van der Waals surface area contributed by atoms with Crippen molar-refractivity contribution >= 4 is 5.91 Å². The summed E-state index contributed by atoms with van der Waals surface area (Å²) in [5.74, 6) is -0.326. The lowest BCUT2D eigenvalue weighted by atomic mass is 10.1. The van der Waals surface area contributed by atoms with Gasteiger partial charge in [0.05, 0.1) is 6.10 Å². The van der Waals surface area contributed by atoms with Crippen molar-refractivity contribution in [2.75, 3.05) is 13.2 Å². The predicted octanol–water partition coefficient (Wildman–Crippen LogP) is 1.06. The standard InChI is InChI=1S/C13H18N2O3/c16-12-5-6-14-9-11(12)13(17)15-7-4-10-3-1-2-8-18-10/h5-6,9-10H,1-4,7-8H2,(H,14,16)(H,15,17). The molecule has 1 aromatic rings. The zero-order valence-corrected chi connectivity index (χ0v) is 10.3. The fraction of sp³-hybridized carbons (Fsp3) is 0.538. The Bertz CT molecular complexity index is 450. The van der Waals surface area contributed by atoms with Gasteiger partial charge in [-0.3, -0.25) is 9.59 Å². The molecule has 0 aromatic carbocycles. The van der Waals surface area contributed by atoms with Crippen LogP contribution in [0.3, 0.4) is 0 Å². The number of nitrogens with one attached hydrogen (secondary N) is 2. The zero-order valence-electron chi connectivity index (χ0n) is 10.3. The maximum Gasteiger partial charge on any atom is 0.256 e. The van der Waals surface area contributed by atoms with Gasteiger partial charge in [-0.1, -0.05) is 0 Å². The summed E-state index contributed by atoms with van der Waals surface area (Å²) in [5, 5.41) is 2.75. The Morgan fingerprint density at radius 1 is 1.50 bits per heavy atom. The minimum absolute atomic E-state index is 0.155. The molecule has 0 aliphatic carbocycles. The highest BCUT2D eigenvalue weighted by Gasteiger charge is 2.14. The Labute approximate surface area is 106 Å². The number of hydrogen-bond acceptors (Lipinski definition) is 3. The molecule has 2 heterocycles. The Kier molecular flexibility index (Phi) is 4.52. The number of H-pyrrole nitrogens is 1. The Hall–Kier alpha value is -1.62.